The summed E-state index contributed by atoms with van der Waals surface area (Å²) in [5.41, 5.74) is 0. The molecule has 0 atom stereocenters. The standard InChI is InChI=1S/C12H20F3N5/c1-16-8-9-3-6-20(7-4-9)11-17-10(18-19-11)2-5-12(13,14)15/h9,16H,2-8H2,1H3,(H,17,18,19). The first-order chi connectivity index (χ1) is 9.48. The summed E-state index contributed by atoms with van der Waals surface area (Å²) in [4.78, 5) is 6.18. The molecule has 1 aromatic rings. The minimum Gasteiger partial charge on any atom is -0.340 e. The van der Waals surface area contributed by atoms with E-state index in [2.05, 4.69) is 20.5 Å². The third-order valence-electron chi connectivity index (χ3n) is 3.56. The molecule has 0 amide bonds. The molecule has 114 valence electrons. The highest BCUT2D eigenvalue weighted by atomic mass is 19.4. The van der Waals surface area contributed by atoms with Crippen molar-refractivity contribution in [3.8, 4) is 0 Å². The third kappa shape index (κ3) is 4.36. The van der Waals surface area contributed by atoms with Crippen molar-refractivity contribution in [2.24, 2.45) is 5.92 Å². The maximum absolute atomic E-state index is 12.1. The van der Waals surface area contributed by atoms with Crippen LogP contribution in [0.1, 0.15) is 25.1 Å². The van der Waals surface area contributed by atoms with E-state index < -0.39 is 12.6 Å². The average Bonchev–Trinajstić information content (AvgIpc) is 2.86. The summed E-state index contributed by atoms with van der Waals surface area (Å²) in [7, 11) is 1.94. The molecule has 0 radical (unpaired) electrons. The van der Waals surface area contributed by atoms with Crippen LogP contribution < -0.4 is 10.2 Å². The van der Waals surface area contributed by atoms with Crippen LogP contribution in [-0.2, 0) is 6.42 Å². The molecule has 0 aliphatic carbocycles. The molecule has 5 nitrogen and oxygen atoms in total. The van der Waals surface area contributed by atoms with E-state index in [4.69, 9.17) is 0 Å². The molecule has 2 N–H and O–H groups in total. The number of aromatic nitrogens is 3. The maximum atomic E-state index is 12.1. The fourth-order valence-corrected chi connectivity index (χ4v) is 2.42. The molecule has 8 heteroatoms. The van der Waals surface area contributed by atoms with Crippen molar-refractivity contribution < 1.29 is 13.2 Å². The van der Waals surface area contributed by atoms with Crippen molar-refractivity contribution in [3.63, 3.8) is 0 Å². The van der Waals surface area contributed by atoms with Gasteiger partial charge in [-0.15, -0.1) is 5.10 Å². The van der Waals surface area contributed by atoms with Gasteiger partial charge in [-0.1, -0.05) is 0 Å². The molecule has 1 saturated heterocycles. The quantitative estimate of drug-likeness (QED) is 0.867. The second-order valence-corrected chi connectivity index (χ2v) is 5.19. The van der Waals surface area contributed by atoms with Gasteiger partial charge < -0.3 is 10.2 Å². The van der Waals surface area contributed by atoms with Crippen LogP contribution in [0.4, 0.5) is 19.1 Å². The normalized spacial score (nSPS) is 17.7. The summed E-state index contributed by atoms with van der Waals surface area (Å²) in [5, 5.41) is 9.78. The van der Waals surface area contributed by atoms with Crippen LogP contribution >= 0.6 is 0 Å². The molecular formula is C12H20F3N5. The number of rotatable bonds is 5. The molecule has 0 bridgehead atoms. The van der Waals surface area contributed by atoms with E-state index in [0.29, 0.717) is 17.7 Å². The molecule has 0 unspecified atom stereocenters. The minimum absolute atomic E-state index is 0.146. The third-order valence-corrected chi connectivity index (χ3v) is 3.56. The number of piperidine rings is 1. The van der Waals surface area contributed by atoms with Crippen molar-refractivity contribution in [3.05, 3.63) is 5.82 Å². The smallest absolute Gasteiger partial charge is 0.340 e. The number of hydrogen-bond donors (Lipinski definition) is 2. The Bertz CT molecular complexity index is 409. The summed E-state index contributed by atoms with van der Waals surface area (Å²) in [6.07, 6.45) is -3.07. The number of aryl methyl sites for hydroxylation is 1. The number of aromatic amines is 1. The summed E-state index contributed by atoms with van der Waals surface area (Å²) in [6.45, 7) is 2.70. The second-order valence-electron chi connectivity index (χ2n) is 5.19. The van der Waals surface area contributed by atoms with Crippen molar-refractivity contribution in [1.29, 1.82) is 0 Å². The van der Waals surface area contributed by atoms with E-state index >= 15 is 0 Å². The van der Waals surface area contributed by atoms with E-state index in [0.717, 1.165) is 32.5 Å². The zero-order valence-electron chi connectivity index (χ0n) is 11.5. The molecule has 1 fully saturated rings. The van der Waals surface area contributed by atoms with Crippen LogP contribution in [0.3, 0.4) is 0 Å². The van der Waals surface area contributed by atoms with E-state index in [1.54, 1.807) is 0 Å². The van der Waals surface area contributed by atoms with Gasteiger partial charge in [0.1, 0.15) is 5.82 Å². The number of anilines is 1. The molecule has 0 aromatic carbocycles. The molecule has 20 heavy (non-hydrogen) atoms. The highest BCUT2D eigenvalue weighted by Gasteiger charge is 2.27. The van der Waals surface area contributed by atoms with Crippen LogP contribution in [0.15, 0.2) is 0 Å². The van der Waals surface area contributed by atoms with Gasteiger partial charge in [0.25, 0.3) is 0 Å². The predicted molar refractivity (Wildman–Crippen MR) is 69.6 cm³/mol. The SMILES string of the molecule is CNCC1CCN(c2n[nH]c(CCC(F)(F)F)n2)CC1. The first kappa shape index (κ1) is 15.1. The second kappa shape index (κ2) is 6.43. The lowest BCUT2D eigenvalue weighted by Crippen LogP contribution is -2.37. The molecule has 1 aliphatic rings. The molecule has 2 heterocycles. The van der Waals surface area contributed by atoms with Crippen molar-refractivity contribution in [1.82, 2.24) is 20.5 Å². The Hall–Kier alpha value is -1.31. The molecule has 0 saturated carbocycles. The number of halogens is 3. The van der Waals surface area contributed by atoms with Crippen molar-refractivity contribution in [2.45, 2.75) is 31.9 Å². The van der Waals surface area contributed by atoms with Gasteiger partial charge in [-0.2, -0.15) is 18.2 Å². The molecular weight excluding hydrogens is 271 g/mol. The summed E-state index contributed by atoms with van der Waals surface area (Å²) >= 11 is 0. The van der Waals surface area contributed by atoms with Crippen LogP contribution in [0.5, 0.6) is 0 Å². The number of nitrogens with zero attached hydrogens (tertiary/aromatic N) is 3. The number of hydrogen-bond acceptors (Lipinski definition) is 4. The number of nitrogens with one attached hydrogen (secondary N) is 2. The fraction of sp³-hybridized carbons (Fsp3) is 0.833. The monoisotopic (exact) mass is 291 g/mol. The lowest BCUT2D eigenvalue weighted by atomic mass is 9.97. The predicted octanol–water partition coefficient (Wildman–Crippen LogP) is 1.74. The summed E-state index contributed by atoms with van der Waals surface area (Å²) in [5.74, 6) is 1.47. The van der Waals surface area contributed by atoms with Crippen molar-refractivity contribution >= 4 is 5.95 Å². The fourth-order valence-electron chi connectivity index (χ4n) is 2.42. The maximum Gasteiger partial charge on any atom is 0.389 e. The van der Waals surface area contributed by atoms with Gasteiger partial charge in [0.05, 0.1) is 6.42 Å². The van der Waals surface area contributed by atoms with Crippen LogP contribution in [-0.4, -0.2) is 48.0 Å². The van der Waals surface area contributed by atoms with Gasteiger partial charge >= 0.3 is 6.18 Å². The van der Waals surface area contributed by atoms with Crippen LogP contribution in [0.25, 0.3) is 0 Å². The average molecular weight is 291 g/mol. The molecule has 1 aromatic heterocycles. The first-order valence-electron chi connectivity index (χ1n) is 6.85. The highest BCUT2D eigenvalue weighted by molar-refractivity contribution is 5.29. The van der Waals surface area contributed by atoms with Crippen LogP contribution in [0.2, 0.25) is 0 Å². The van der Waals surface area contributed by atoms with Gasteiger partial charge in [-0.25, -0.2) is 0 Å². The van der Waals surface area contributed by atoms with E-state index in [9.17, 15) is 13.2 Å². The Balaban J connectivity index is 1.84. The summed E-state index contributed by atoms with van der Waals surface area (Å²) in [6, 6.07) is 0. The lowest BCUT2D eigenvalue weighted by Gasteiger charge is -2.30. The van der Waals surface area contributed by atoms with Crippen molar-refractivity contribution in [2.75, 3.05) is 31.6 Å². The molecule has 2 rings (SSSR count). The zero-order valence-corrected chi connectivity index (χ0v) is 11.5. The topological polar surface area (TPSA) is 56.8 Å². The largest absolute Gasteiger partial charge is 0.389 e. The number of alkyl halides is 3. The Morgan fingerprint density at radius 2 is 2.05 bits per heavy atom. The Kier molecular flexibility index (Phi) is 4.85. The molecule has 1 aliphatic heterocycles. The Morgan fingerprint density at radius 3 is 2.65 bits per heavy atom. The van der Waals surface area contributed by atoms with Crippen LogP contribution in [0, 0.1) is 5.92 Å². The van der Waals surface area contributed by atoms with Gasteiger partial charge in [0, 0.05) is 19.5 Å². The van der Waals surface area contributed by atoms with E-state index in [1.165, 1.54) is 0 Å². The minimum atomic E-state index is -4.15. The zero-order chi connectivity index (χ0) is 14.6. The van der Waals surface area contributed by atoms with Gasteiger partial charge in [0.2, 0.25) is 5.95 Å². The molecule has 0 spiro atoms. The van der Waals surface area contributed by atoms with Gasteiger partial charge in [-0.3, -0.25) is 5.10 Å². The van der Waals surface area contributed by atoms with E-state index in [-0.39, 0.29) is 6.42 Å². The first-order valence-corrected chi connectivity index (χ1v) is 6.85. The Labute approximate surface area is 115 Å². The highest BCUT2D eigenvalue weighted by Crippen LogP contribution is 2.23. The Morgan fingerprint density at radius 1 is 1.35 bits per heavy atom. The summed E-state index contributed by atoms with van der Waals surface area (Å²) < 4.78 is 36.4. The lowest BCUT2D eigenvalue weighted by molar-refractivity contribution is -0.134. The van der Waals surface area contributed by atoms with Gasteiger partial charge in [0.15, 0.2) is 0 Å². The van der Waals surface area contributed by atoms with Gasteiger partial charge in [-0.05, 0) is 32.4 Å². The number of H-pyrrole nitrogens is 1. The van der Waals surface area contributed by atoms with E-state index in [1.807, 2.05) is 11.9 Å².